The maximum atomic E-state index is 12.3. The molecule has 2 fully saturated rings. The summed E-state index contributed by atoms with van der Waals surface area (Å²) in [6.07, 6.45) is 0.881. The Labute approximate surface area is 151 Å². The number of hydrogen-bond acceptors (Lipinski definition) is 7. The molecule has 2 aliphatic heterocycles. The molecule has 0 bridgehead atoms. The molecule has 1 aromatic rings. The minimum absolute atomic E-state index is 0.0110. The number of amides is 1. The van der Waals surface area contributed by atoms with Crippen molar-refractivity contribution in [2.75, 3.05) is 39.8 Å². The standard InChI is InChI=1S/C17H24N4O5/c1-25-16-10-12(21(23)24)2-3-14(16)15-11-13(4-5-19-15)26-17(22)20-8-6-18-7-9-20/h2-3,10,13,15,18-19H,4-9,11H2,1H3. The van der Waals surface area contributed by atoms with Gasteiger partial charge in [0.15, 0.2) is 0 Å². The normalized spacial score (nSPS) is 23.3. The Morgan fingerprint density at radius 2 is 2.08 bits per heavy atom. The highest BCUT2D eigenvalue weighted by Crippen LogP contribution is 2.34. The summed E-state index contributed by atoms with van der Waals surface area (Å²) < 4.78 is 11.0. The average molecular weight is 364 g/mol. The van der Waals surface area contributed by atoms with Gasteiger partial charge in [-0.1, -0.05) is 0 Å². The van der Waals surface area contributed by atoms with Crippen LogP contribution < -0.4 is 15.4 Å². The number of ether oxygens (including phenoxy) is 2. The van der Waals surface area contributed by atoms with E-state index in [0.29, 0.717) is 31.8 Å². The Kier molecular flexibility index (Phi) is 5.89. The largest absolute Gasteiger partial charge is 0.496 e. The molecule has 9 heteroatoms. The number of benzene rings is 1. The van der Waals surface area contributed by atoms with E-state index in [1.54, 1.807) is 11.0 Å². The second kappa shape index (κ2) is 8.33. The van der Waals surface area contributed by atoms with Gasteiger partial charge in [-0.3, -0.25) is 10.1 Å². The van der Waals surface area contributed by atoms with Gasteiger partial charge in [-0.15, -0.1) is 0 Å². The molecule has 0 aliphatic carbocycles. The second-order valence-corrected chi connectivity index (χ2v) is 6.46. The van der Waals surface area contributed by atoms with E-state index in [-0.39, 0.29) is 23.9 Å². The van der Waals surface area contributed by atoms with Crippen LogP contribution in [0.25, 0.3) is 0 Å². The van der Waals surface area contributed by atoms with Gasteiger partial charge < -0.3 is 25.0 Å². The van der Waals surface area contributed by atoms with Crippen molar-refractivity contribution >= 4 is 11.8 Å². The predicted molar refractivity (Wildman–Crippen MR) is 94.3 cm³/mol. The van der Waals surface area contributed by atoms with Crippen LogP contribution in [0, 0.1) is 10.1 Å². The number of piperazine rings is 1. The number of nitro groups is 1. The molecular weight excluding hydrogens is 340 g/mol. The van der Waals surface area contributed by atoms with Gasteiger partial charge in [0.05, 0.1) is 18.1 Å². The molecule has 2 heterocycles. The van der Waals surface area contributed by atoms with Gasteiger partial charge in [0.1, 0.15) is 11.9 Å². The quantitative estimate of drug-likeness (QED) is 0.615. The number of nitrogens with zero attached hydrogens (tertiary/aromatic N) is 2. The van der Waals surface area contributed by atoms with Gasteiger partial charge in [-0.2, -0.15) is 0 Å². The van der Waals surface area contributed by atoms with E-state index >= 15 is 0 Å². The van der Waals surface area contributed by atoms with Crippen molar-refractivity contribution in [1.82, 2.24) is 15.5 Å². The number of hydrogen-bond donors (Lipinski definition) is 2. The van der Waals surface area contributed by atoms with Crippen LogP contribution in [0.5, 0.6) is 5.75 Å². The van der Waals surface area contributed by atoms with Crippen molar-refractivity contribution in [3.8, 4) is 5.75 Å². The lowest BCUT2D eigenvalue weighted by Gasteiger charge is -2.33. The van der Waals surface area contributed by atoms with E-state index in [1.807, 2.05) is 0 Å². The molecule has 2 saturated heterocycles. The lowest BCUT2D eigenvalue weighted by molar-refractivity contribution is -0.384. The fraction of sp³-hybridized carbons (Fsp3) is 0.588. The minimum atomic E-state index is -0.446. The zero-order chi connectivity index (χ0) is 18.5. The number of carbonyl (C=O) groups is 1. The van der Waals surface area contributed by atoms with Gasteiger partial charge in [-0.05, 0) is 19.0 Å². The van der Waals surface area contributed by atoms with E-state index in [1.165, 1.54) is 19.2 Å². The van der Waals surface area contributed by atoms with Crippen molar-refractivity contribution in [2.24, 2.45) is 0 Å². The first-order chi connectivity index (χ1) is 12.6. The van der Waals surface area contributed by atoms with Crippen LogP contribution in [0.4, 0.5) is 10.5 Å². The van der Waals surface area contributed by atoms with Crippen molar-refractivity contribution in [1.29, 1.82) is 0 Å². The summed E-state index contributed by atoms with van der Waals surface area (Å²) >= 11 is 0. The van der Waals surface area contributed by atoms with Gasteiger partial charge in [0.25, 0.3) is 5.69 Å². The molecule has 0 saturated carbocycles. The molecule has 142 valence electrons. The fourth-order valence-corrected chi connectivity index (χ4v) is 3.39. The Morgan fingerprint density at radius 1 is 1.31 bits per heavy atom. The molecule has 9 nitrogen and oxygen atoms in total. The number of carbonyl (C=O) groups excluding carboxylic acids is 1. The molecule has 1 amide bonds. The zero-order valence-electron chi connectivity index (χ0n) is 14.8. The summed E-state index contributed by atoms with van der Waals surface area (Å²) in [6.45, 7) is 3.57. The lowest BCUT2D eigenvalue weighted by atomic mass is 9.94. The number of rotatable bonds is 4. The average Bonchev–Trinajstić information content (AvgIpc) is 2.68. The van der Waals surface area contributed by atoms with Crippen molar-refractivity contribution in [2.45, 2.75) is 25.0 Å². The number of non-ortho nitro benzene ring substituents is 1. The summed E-state index contributed by atoms with van der Waals surface area (Å²) in [6, 6.07) is 4.51. The summed E-state index contributed by atoms with van der Waals surface area (Å²) in [5, 5.41) is 17.5. The highest BCUT2D eigenvalue weighted by molar-refractivity contribution is 5.68. The van der Waals surface area contributed by atoms with E-state index < -0.39 is 4.92 Å². The minimum Gasteiger partial charge on any atom is -0.496 e. The molecule has 0 spiro atoms. The third kappa shape index (κ3) is 4.23. The van der Waals surface area contributed by atoms with E-state index in [2.05, 4.69) is 10.6 Å². The number of nitrogens with one attached hydrogen (secondary N) is 2. The van der Waals surface area contributed by atoms with Crippen LogP contribution in [0.2, 0.25) is 0 Å². The Balaban J connectivity index is 1.66. The molecule has 0 radical (unpaired) electrons. The maximum Gasteiger partial charge on any atom is 0.410 e. The first-order valence-corrected chi connectivity index (χ1v) is 8.80. The molecule has 2 N–H and O–H groups in total. The van der Waals surface area contributed by atoms with Gasteiger partial charge in [-0.25, -0.2) is 4.79 Å². The summed E-state index contributed by atoms with van der Waals surface area (Å²) in [7, 11) is 1.49. The van der Waals surface area contributed by atoms with E-state index in [4.69, 9.17) is 9.47 Å². The van der Waals surface area contributed by atoms with Gasteiger partial charge in [0, 0.05) is 50.3 Å². The molecule has 26 heavy (non-hydrogen) atoms. The molecule has 3 rings (SSSR count). The topological polar surface area (TPSA) is 106 Å². The van der Waals surface area contributed by atoms with Crippen LogP contribution in [-0.2, 0) is 4.74 Å². The Morgan fingerprint density at radius 3 is 2.77 bits per heavy atom. The second-order valence-electron chi connectivity index (χ2n) is 6.46. The van der Waals surface area contributed by atoms with E-state index in [9.17, 15) is 14.9 Å². The van der Waals surface area contributed by atoms with Crippen LogP contribution >= 0.6 is 0 Å². The summed E-state index contributed by atoms with van der Waals surface area (Å²) in [5.74, 6) is 0.464. The third-order valence-corrected chi connectivity index (χ3v) is 4.80. The van der Waals surface area contributed by atoms with Crippen LogP contribution in [0.3, 0.4) is 0 Å². The first kappa shape index (κ1) is 18.4. The highest BCUT2D eigenvalue weighted by atomic mass is 16.6. The Bertz CT molecular complexity index is 663. The van der Waals surface area contributed by atoms with Gasteiger partial charge in [0.2, 0.25) is 0 Å². The number of nitro benzene ring substituents is 1. The van der Waals surface area contributed by atoms with Crippen LogP contribution in [0.1, 0.15) is 24.4 Å². The van der Waals surface area contributed by atoms with E-state index in [0.717, 1.165) is 25.1 Å². The summed E-state index contributed by atoms with van der Waals surface area (Å²) in [5.41, 5.74) is 0.823. The van der Waals surface area contributed by atoms with Crippen molar-refractivity contribution in [3.05, 3.63) is 33.9 Å². The molecule has 2 aliphatic rings. The molecular formula is C17H24N4O5. The van der Waals surface area contributed by atoms with Crippen molar-refractivity contribution in [3.63, 3.8) is 0 Å². The number of piperidine rings is 1. The SMILES string of the molecule is COc1cc([N+](=O)[O-])ccc1C1CC(OC(=O)N2CCNCC2)CCN1. The molecule has 2 unspecified atom stereocenters. The Hall–Kier alpha value is -2.39. The smallest absolute Gasteiger partial charge is 0.410 e. The van der Waals surface area contributed by atoms with Crippen LogP contribution in [0.15, 0.2) is 18.2 Å². The monoisotopic (exact) mass is 364 g/mol. The molecule has 2 atom stereocenters. The predicted octanol–water partition coefficient (Wildman–Crippen LogP) is 1.44. The van der Waals surface area contributed by atoms with Crippen LogP contribution in [-0.4, -0.2) is 61.9 Å². The number of methoxy groups -OCH3 is 1. The highest BCUT2D eigenvalue weighted by Gasteiger charge is 2.29. The van der Waals surface area contributed by atoms with Gasteiger partial charge >= 0.3 is 6.09 Å². The third-order valence-electron chi connectivity index (χ3n) is 4.80. The van der Waals surface area contributed by atoms with Crippen molar-refractivity contribution < 1.29 is 19.2 Å². The molecule has 1 aromatic carbocycles. The zero-order valence-corrected chi connectivity index (χ0v) is 14.8. The maximum absolute atomic E-state index is 12.3. The summed E-state index contributed by atoms with van der Waals surface area (Å²) in [4.78, 5) is 24.5. The fourth-order valence-electron chi connectivity index (χ4n) is 3.39. The lowest BCUT2D eigenvalue weighted by Crippen LogP contribution is -2.48. The first-order valence-electron chi connectivity index (χ1n) is 8.80. The molecule has 0 aromatic heterocycles.